The summed E-state index contributed by atoms with van der Waals surface area (Å²) in [4.78, 5) is 15.9. The van der Waals surface area contributed by atoms with Gasteiger partial charge in [-0.05, 0) is 31.1 Å². The molecule has 26 heavy (non-hydrogen) atoms. The third-order valence-electron chi connectivity index (χ3n) is 6.36. The number of imidazole rings is 1. The van der Waals surface area contributed by atoms with E-state index in [1.807, 2.05) is 4.57 Å². The maximum absolute atomic E-state index is 9.96. The Kier molecular flexibility index (Phi) is 3.88. The molecule has 8 nitrogen and oxygen atoms in total. The van der Waals surface area contributed by atoms with Crippen molar-refractivity contribution in [2.45, 2.75) is 31.9 Å². The number of hydrogen-bond donors (Lipinski definition) is 2. The van der Waals surface area contributed by atoms with Crippen molar-refractivity contribution in [3.63, 3.8) is 0 Å². The van der Waals surface area contributed by atoms with E-state index >= 15 is 0 Å². The summed E-state index contributed by atoms with van der Waals surface area (Å²) < 4.78 is 7.31. The Morgan fingerprint density at radius 1 is 1.15 bits per heavy atom. The average molecular weight is 359 g/mol. The van der Waals surface area contributed by atoms with Gasteiger partial charge in [0.1, 0.15) is 6.33 Å². The van der Waals surface area contributed by atoms with E-state index in [0.29, 0.717) is 31.6 Å². The van der Waals surface area contributed by atoms with Crippen LogP contribution in [-0.2, 0) is 11.3 Å². The summed E-state index contributed by atoms with van der Waals surface area (Å²) in [5.74, 6) is 2.06. The molecule has 1 saturated carbocycles. The lowest BCUT2D eigenvalue weighted by molar-refractivity contribution is -0.144. The third-order valence-corrected chi connectivity index (χ3v) is 6.36. The Morgan fingerprint density at radius 3 is 2.77 bits per heavy atom. The first kappa shape index (κ1) is 16.4. The fourth-order valence-electron chi connectivity index (χ4n) is 4.78. The van der Waals surface area contributed by atoms with Crippen LogP contribution in [0.3, 0.4) is 0 Å². The molecule has 3 fully saturated rings. The summed E-state index contributed by atoms with van der Waals surface area (Å²) in [5, 5.41) is 19.7. The maximum atomic E-state index is 9.96. The van der Waals surface area contributed by atoms with Crippen molar-refractivity contribution >= 4 is 17.0 Å². The molecule has 0 radical (unpaired) electrons. The van der Waals surface area contributed by atoms with E-state index < -0.39 is 0 Å². The Hall–Kier alpha value is -1.77. The number of aliphatic hydroxyl groups is 2. The number of rotatable bonds is 4. The van der Waals surface area contributed by atoms with Crippen LogP contribution in [0.2, 0.25) is 0 Å². The first-order valence-electron chi connectivity index (χ1n) is 9.45. The molecule has 2 aromatic rings. The molecule has 140 valence electrons. The van der Waals surface area contributed by atoms with Crippen LogP contribution in [0.25, 0.3) is 11.2 Å². The summed E-state index contributed by atoms with van der Waals surface area (Å²) in [6, 6.07) is 0. The minimum atomic E-state index is -0.225. The number of anilines is 1. The Balaban J connectivity index is 1.43. The molecule has 0 bridgehead atoms. The first-order valence-corrected chi connectivity index (χ1v) is 9.45. The van der Waals surface area contributed by atoms with Gasteiger partial charge in [0.05, 0.1) is 37.7 Å². The highest BCUT2D eigenvalue weighted by atomic mass is 16.5. The van der Waals surface area contributed by atoms with Crippen LogP contribution in [0.4, 0.5) is 5.82 Å². The van der Waals surface area contributed by atoms with E-state index in [0.717, 1.165) is 49.3 Å². The van der Waals surface area contributed by atoms with Gasteiger partial charge in [-0.1, -0.05) is 0 Å². The lowest BCUT2D eigenvalue weighted by Gasteiger charge is -2.39. The Bertz CT molecular complexity index is 800. The molecule has 2 N–H and O–H groups in total. The molecule has 2 aromatic heterocycles. The van der Waals surface area contributed by atoms with Gasteiger partial charge in [0.15, 0.2) is 17.0 Å². The molecule has 0 aromatic carbocycles. The predicted molar refractivity (Wildman–Crippen MR) is 94.7 cm³/mol. The van der Waals surface area contributed by atoms with Crippen LogP contribution in [0, 0.1) is 17.3 Å². The molecule has 4 heterocycles. The fraction of sp³-hybridized carbons (Fsp3) is 0.722. The number of ether oxygens (including phenoxy) is 1. The summed E-state index contributed by atoms with van der Waals surface area (Å²) in [5.41, 5.74) is 1.40. The van der Waals surface area contributed by atoms with Crippen molar-refractivity contribution in [1.29, 1.82) is 0 Å². The van der Waals surface area contributed by atoms with Crippen molar-refractivity contribution < 1.29 is 14.9 Å². The zero-order chi connectivity index (χ0) is 17.7. The van der Waals surface area contributed by atoms with Gasteiger partial charge in [0.2, 0.25) is 0 Å². The van der Waals surface area contributed by atoms with E-state index in [1.54, 1.807) is 12.7 Å². The van der Waals surface area contributed by atoms with Crippen molar-refractivity contribution in [1.82, 2.24) is 19.5 Å². The van der Waals surface area contributed by atoms with E-state index in [-0.39, 0.29) is 18.1 Å². The topological polar surface area (TPSA) is 96.5 Å². The second-order valence-corrected chi connectivity index (χ2v) is 8.28. The summed E-state index contributed by atoms with van der Waals surface area (Å²) in [6.45, 7) is 3.79. The molecule has 0 spiro atoms. The van der Waals surface area contributed by atoms with E-state index in [9.17, 15) is 10.2 Å². The van der Waals surface area contributed by atoms with Gasteiger partial charge >= 0.3 is 0 Å². The quantitative estimate of drug-likeness (QED) is 0.817. The smallest absolute Gasteiger partial charge is 0.165 e. The van der Waals surface area contributed by atoms with Gasteiger partial charge < -0.3 is 24.4 Å². The van der Waals surface area contributed by atoms with Crippen LogP contribution in [0.1, 0.15) is 19.3 Å². The number of aliphatic hydroxyl groups excluding tert-OH is 2. The minimum Gasteiger partial charge on any atom is -0.396 e. The monoisotopic (exact) mass is 359 g/mol. The number of fused-ring (bicyclic) bond motifs is 2. The van der Waals surface area contributed by atoms with Crippen molar-refractivity contribution in [3.05, 3.63) is 12.7 Å². The number of aromatic nitrogens is 4. The molecule has 3 unspecified atom stereocenters. The van der Waals surface area contributed by atoms with E-state index in [4.69, 9.17) is 4.74 Å². The zero-order valence-corrected chi connectivity index (χ0v) is 14.8. The molecular weight excluding hydrogens is 334 g/mol. The average Bonchev–Trinajstić information content (AvgIpc) is 3.21. The molecule has 2 saturated heterocycles. The molecule has 2 aliphatic heterocycles. The lowest BCUT2D eigenvalue weighted by atomic mass is 9.80. The largest absolute Gasteiger partial charge is 0.396 e. The Morgan fingerprint density at radius 2 is 2.00 bits per heavy atom. The van der Waals surface area contributed by atoms with Gasteiger partial charge in [0, 0.05) is 19.6 Å². The molecule has 8 heteroatoms. The molecule has 5 rings (SSSR count). The van der Waals surface area contributed by atoms with Gasteiger partial charge in [0.25, 0.3) is 0 Å². The normalized spacial score (nSPS) is 30.4. The maximum Gasteiger partial charge on any atom is 0.165 e. The van der Waals surface area contributed by atoms with Crippen molar-refractivity contribution in [2.75, 3.05) is 37.8 Å². The van der Waals surface area contributed by atoms with E-state index in [1.165, 1.54) is 0 Å². The molecule has 3 atom stereocenters. The van der Waals surface area contributed by atoms with Gasteiger partial charge in [-0.25, -0.2) is 15.0 Å². The van der Waals surface area contributed by atoms with Crippen LogP contribution in [0.5, 0.6) is 0 Å². The van der Waals surface area contributed by atoms with Gasteiger partial charge in [-0.3, -0.25) is 0 Å². The molecule has 0 amide bonds. The second kappa shape index (κ2) is 6.14. The predicted octanol–water partition coefficient (Wildman–Crippen LogP) is 0.432. The van der Waals surface area contributed by atoms with Crippen LogP contribution < -0.4 is 4.90 Å². The molecule has 1 aliphatic carbocycles. The molecule has 3 aliphatic rings. The minimum absolute atomic E-state index is 0.0996. The molecular formula is C18H25N5O3. The zero-order valence-electron chi connectivity index (χ0n) is 14.8. The van der Waals surface area contributed by atoms with Crippen LogP contribution >= 0.6 is 0 Å². The summed E-state index contributed by atoms with van der Waals surface area (Å²) in [6.07, 6.45) is 6.14. The van der Waals surface area contributed by atoms with E-state index in [2.05, 4.69) is 19.9 Å². The number of nitrogens with zero attached hydrogens (tertiary/aromatic N) is 5. The first-order chi connectivity index (χ1) is 12.7. The fourth-order valence-corrected chi connectivity index (χ4v) is 4.78. The highest BCUT2D eigenvalue weighted by Crippen LogP contribution is 2.39. The van der Waals surface area contributed by atoms with Crippen molar-refractivity contribution in [3.8, 4) is 0 Å². The summed E-state index contributed by atoms with van der Waals surface area (Å²) >= 11 is 0. The van der Waals surface area contributed by atoms with Crippen LogP contribution in [0.15, 0.2) is 12.7 Å². The number of hydrogen-bond acceptors (Lipinski definition) is 7. The third kappa shape index (κ3) is 2.59. The van der Waals surface area contributed by atoms with Gasteiger partial charge in [-0.15, -0.1) is 0 Å². The van der Waals surface area contributed by atoms with Crippen molar-refractivity contribution in [2.24, 2.45) is 17.3 Å². The lowest BCUT2D eigenvalue weighted by Crippen LogP contribution is -2.48. The van der Waals surface area contributed by atoms with Gasteiger partial charge in [-0.2, -0.15) is 0 Å². The standard InChI is InChI=1S/C18H25N5O3/c24-7-18(8-26-9-18)6-23-11-21-15-16(19-10-20-17(15)23)22-4-12-1-2-14(25)3-13(12)5-22/h10-14,24-25H,1-9H2. The highest BCUT2D eigenvalue weighted by molar-refractivity contribution is 5.83. The Labute approximate surface area is 151 Å². The SMILES string of the molecule is OCC1(Cn2cnc3c(N4CC5CCC(O)CC5C4)ncnc32)COC1. The van der Waals surface area contributed by atoms with Crippen LogP contribution in [-0.4, -0.2) is 68.7 Å². The highest BCUT2D eigenvalue weighted by Gasteiger charge is 2.40. The second-order valence-electron chi connectivity index (χ2n) is 8.28. The summed E-state index contributed by atoms with van der Waals surface area (Å²) in [7, 11) is 0.